The quantitative estimate of drug-likeness (QED) is 0.666. The van der Waals surface area contributed by atoms with Crippen LogP contribution in [0.25, 0.3) is 0 Å². The van der Waals surface area contributed by atoms with E-state index >= 15 is 0 Å². The Morgan fingerprint density at radius 2 is 2.00 bits per heavy atom. The summed E-state index contributed by atoms with van der Waals surface area (Å²) in [5.41, 5.74) is -0.0976. The van der Waals surface area contributed by atoms with Crippen molar-refractivity contribution < 1.29 is 13.2 Å². The van der Waals surface area contributed by atoms with Crippen LogP contribution >= 0.6 is 31.9 Å². The lowest BCUT2D eigenvalue weighted by Gasteiger charge is -2.35. The van der Waals surface area contributed by atoms with Gasteiger partial charge in [0.05, 0.1) is 18.1 Å². The van der Waals surface area contributed by atoms with Crippen molar-refractivity contribution in [2.24, 2.45) is 11.3 Å². The minimum atomic E-state index is -2.82. The maximum Gasteiger partial charge on any atom is 0.150 e. The number of hydrogen-bond donors (Lipinski definition) is 0. The van der Waals surface area contributed by atoms with Gasteiger partial charge in [-0.2, -0.15) is 0 Å². The number of hydrogen-bond acceptors (Lipinski definition) is 3. The summed E-state index contributed by atoms with van der Waals surface area (Å²) >= 11 is 7.01. The van der Waals surface area contributed by atoms with Gasteiger partial charge in [-0.25, -0.2) is 8.42 Å². The van der Waals surface area contributed by atoms with Crippen molar-refractivity contribution >= 4 is 41.7 Å². The molecule has 1 fully saturated rings. The summed E-state index contributed by atoms with van der Waals surface area (Å²) in [5.74, 6) is 0.825. The Balaban J connectivity index is 2.77. The van der Waals surface area contributed by atoms with E-state index in [0.29, 0.717) is 24.7 Å². The highest BCUT2D eigenvalue weighted by atomic mass is 79.9. The van der Waals surface area contributed by atoms with Crippen LogP contribution in [-0.4, -0.2) is 43.8 Å². The highest BCUT2D eigenvalue weighted by molar-refractivity contribution is 9.09. The van der Waals surface area contributed by atoms with E-state index in [1.54, 1.807) is 0 Å². The van der Waals surface area contributed by atoms with E-state index in [-0.39, 0.29) is 11.3 Å². The fourth-order valence-corrected chi connectivity index (χ4v) is 6.14. The molecule has 0 aromatic carbocycles. The monoisotopic (exact) mass is 376 g/mol. The van der Waals surface area contributed by atoms with Gasteiger partial charge < -0.3 is 4.74 Å². The molecule has 1 aliphatic rings. The SMILES string of the molecule is CCOCC(CBr)(CBr)C1CCS(=O)(=O)C1. The van der Waals surface area contributed by atoms with Crippen molar-refractivity contribution in [3.63, 3.8) is 0 Å². The first kappa shape index (κ1) is 14.9. The summed E-state index contributed by atoms with van der Waals surface area (Å²) < 4.78 is 28.6. The highest BCUT2D eigenvalue weighted by Crippen LogP contribution is 2.39. The molecule has 0 spiro atoms. The zero-order chi connectivity index (χ0) is 12.2. The van der Waals surface area contributed by atoms with Crippen LogP contribution in [-0.2, 0) is 14.6 Å². The summed E-state index contributed by atoms with van der Waals surface area (Å²) in [7, 11) is -2.82. The zero-order valence-corrected chi connectivity index (χ0v) is 13.4. The molecule has 0 amide bonds. The van der Waals surface area contributed by atoms with E-state index in [2.05, 4.69) is 31.9 Å². The van der Waals surface area contributed by atoms with Crippen LogP contribution in [0.15, 0.2) is 0 Å². The third-order valence-corrected chi connectivity index (χ3v) is 7.23. The van der Waals surface area contributed by atoms with Gasteiger partial charge >= 0.3 is 0 Å². The molecule has 1 aliphatic heterocycles. The van der Waals surface area contributed by atoms with Crippen LogP contribution in [0.5, 0.6) is 0 Å². The summed E-state index contributed by atoms with van der Waals surface area (Å²) in [6.45, 7) is 3.24. The van der Waals surface area contributed by atoms with Crippen LogP contribution in [0.3, 0.4) is 0 Å². The fourth-order valence-electron chi connectivity index (χ4n) is 2.03. The molecular weight excluding hydrogens is 360 g/mol. The molecule has 0 radical (unpaired) electrons. The number of sulfone groups is 1. The van der Waals surface area contributed by atoms with Gasteiger partial charge in [0.15, 0.2) is 9.84 Å². The van der Waals surface area contributed by atoms with Gasteiger partial charge in [0.2, 0.25) is 0 Å². The Kier molecular flexibility index (Phi) is 5.75. The van der Waals surface area contributed by atoms with E-state index in [4.69, 9.17) is 4.74 Å². The maximum atomic E-state index is 11.5. The molecule has 16 heavy (non-hydrogen) atoms. The van der Waals surface area contributed by atoms with Crippen molar-refractivity contribution in [2.75, 3.05) is 35.4 Å². The van der Waals surface area contributed by atoms with Gasteiger partial charge in [0, 0.05) is 22.7 Å². The van der Waals surface area contributed by atoms with Gasteiger partial charge in [-0.15, -0.1) is 0 Å². The molecule has 0 aromatic rings. The largest absolute Gasteiger partial charge is 0.381 e. The molecule has 6 heteroatoms. The van der Waals surface area contributed by atoms with E-state index in [0.717, 1.165) is 17.1 Å². The first-order valence-electron chi connectivity index (χ1n) is 5.40. The molecule has 0 saturated carbocycles. The van der Waals surface area contributed by atoms with Gasteiger partial charge in [-0.3, -0.25) is 0 Å². The fraction of sp³-hybridized carbons (Fsp3) is 1.00. The Morgan fingerprint density at radius 1 is 1.38 bits per heavy atom. The second-order valence-corrected chi connectivity index (χ2v) is 7.72. The average molecular weight is 378 g/mol. The van der Waals surface area contributed by atoms with Crippen molar-refractivity contribution in [3.05, 3.63) is 0 Å². The molecule has 1 atom stereocenters. The number of rotatable bonds is 6. The molecular formula is C10H18Br2O3S. The predicted octanol–water partition coefficient (Wildman–Crippen LogP) is 2.23. The molecule has 0 aromatic heterocycles. The third kappa shape index (κ3) is 3.43. The Bertz CT molecular complexity index is 312. The first-order chi connectivity index (χ1) is 7.49. The molecule has 3 nitrogen and oxygen atoms in total. The minimum absolute atomic E-state index is 0.0976. The molecule has 1 unspecified atom stereocenters. The Morgan fingerprint density at radius 3 is 2.38 bits per heavy atom. The highest BCUT2D eigenvalue weighted by Gasteiger charge is 2.43. The lowest BCUT2D eigenvalue weighted by atomic mass is 9.79. The molecule has 0 bridgehead atoms. The van der Waals surface area contributed by atoms with Crippen LogP contribution in [0.4, 0.5) is 0 Å². The number of halogens is 2. The van der Waals surface area contributed by atoms with Crippen molar-refractivity contribution in [2.45, 2.75) is 13.3 Å². The number of ether oxygens (including phenoxy) is 1. The summed E-state index contributed by atoms with van der Waals surface area (Å²) in [6, 6.07) is 0. The molecule has 1 rings (SSSR count). The zero-order valence-electron chi connectivity index (χ0n) is 9.42. The van der Waals surface area contributed by atoms with E-state index in [1.807, 2.05) is 6.92 Å². The van der Waals surface area contributed by atoms with E-state index in [1.165, 1.54) is 0 Å². The van der Waals surface area contributed by atoms with Crippen LogP contribution < -0.4 is 0 Å². The van der Waals surface area contributed by atoms with Gasteiger partial charge in [0.1, 0.15) is 0 Å². The van der Waals surface area contributed by atoms with Gasteiger partial charge in [0.25, 0.3) is 0 Å². The topological polar surface area (TPSA) is 43.4 Å². The van der Waals surface area contributed by atoms with E-state index < -0.39 is 9.84 Å². The maximum absolute atomic E-state index is 11.5. The van der Waals surface area contributed by atoms with Crippen LogP contribution in [0.1, 0.15) is 13.3 Å². The van der Waals surface area contributed by atoms with Crippen LogP contribution in [0, 0.1) is 11.3 Å². The Hall–Kier alpha value is 0.870. The normalized spacial score (nSPS) is 24.8. The van der Waals surface area contributed by atoms with Crippen LogP contribution in [0.2, 0.25) is 0 Å². The third-order valence-electron chi connectivity index (χ3n) is 3.22. The molecule has 1 heterocycles. The van der Waals surface area contributed by atoms with Gasteiger partial charge in [-0.05, 0) is 19.3 Å². The second kappa shape index (κ2) is 6.16. The summed E-state index contributed by atoms with van der Waals surface area (Å²) in [4.78, 5) is 0. The lowest BCUT2D eigenvalue weighted by Crippen LogP contribution is -2.39. The second-order valence-electron chi connectivity index (χ2n) is 4.37. The standard InChI is InChI=1S/C10H18Br2O3S/c1-2-15-8-10(6-11,7-12)9-3-4-16(13,14)5-9/h9H,2-8H2,1H3. The minimum Gasteiger partial charge on any atom is -0.381 e. The smallest absolute Gasteiger partial charge is 0.150 e. The summed E-state index contributed by atoms with van der Waals surface area (Å²) in [6.07, 6.45) is 0.757. The summed E-state index contributed by atoms with van der Waals surface area (Å²) in [5, 5.41) is 1.54. The van der Waals surface area contributed by atoms with E-state index in [9.17, 15) is 8.42 Å². The van der Waals surface area contributed by atoms with Crippen molar-refractivity contribution in [1.82, 2.24) is 0 Å². The number of alkyl halides is 2. The molecule has 0 N–H and O–H groups in total. The molecule has 1 saturated heterocycles. The van der Waals surface area contributed by atoms with Crippen molar-refractivity contribution in [1.29, 1.82) is 0 Å². The predicted molar refractivity (Wildman–Crippen MR) is 73.3 cm³/mol. The van der Waals surface area contributed by atoms with Crippen molar-refractivity contribution in [3.8, 4) is 0 Å². The molecule has 0 aliphatic carbocycles. The first-order valence-corrected chi connectivity index (χ1v) is 9.46. The average Bonchev–Trinajstić information content (AvgIpc) is 2.62. The molecule has 96 valence electrons. The van der Waals surface area contributed by atoms with Gasteiger partial charge in [-0.1, -0.05) is 31.9 Å². The Labute approximate surface area is 114 Å². The lowest BCUT2D eigenvalue weighted by molar-refractivity contribution is 0.0491.